The number of carbonyl (C=O) groups excluding carboxylic acids is 2. The van der Waals surface area contributed by atoms with Gasteiger partial charge in [-0.25, -0.2) is 14.6 Å². The lowest BCUT2D eigenvalue weighted by Crippen LogP contribution is -2.39. The lowest BCUT2D eigenvalue weighted by molar-refractivity contribution is -0.140. The van der Waals surface area contributed by atoms with Crippen molar-refractivity contribution >= 4 is 28.7 Å². The number of hydrogen-bond donors (Lipinski definition) is 0. The summed E-state index contributed by atoms with van der Waals surface area (Å²) in [4.78, 5) is 31.1. The number of nitrogens with zero attached hydrogens (tertiary/aromatic N) is 2. The molecule has 166 valence electrons. The van der Waals surface area contributed by atoms with Crippen LogP contribution in [0, 0.1) is 20.8 Å². The van der Waals surface area contributed by atoms with E-state index in [0.717, 1.165) is 27.8 Å². The number of anilines is 1. The molecule has 32 heavy (non-hydrogen) atoms. The van der Waals surface area contributed by atoms with Gasteiger partial charge in [-0.3, -0.25) is 0 Å². The number of ether oxygens (including phenoxy) is 3. The first-order valence-electron chi connectivity index (χ1n) is 10.1. The van der Waals surface area contributed by atoms with Crippen LogP contribution in [0.5, 0.6) is 0 Å². The second kappa shape index (κ2) is 8.47. The van der Waals surface area contributed by atoms with Crippen LogP contribution >= 0.6 is 0 Å². The minimum absolute atomic E-state index is 0.0455. The molecule has 0 atom stereocenters. The number of oxazole rings is 1. The topological polar surface area (TPSA) is 91.1 Å². The van der Waals surface area contributed by atoms with E-state index in [-0.39, 0.29) is 24.6 Å². The lowest BCUT2D eigenvalue weighted by Gasteiger charge is -2.32. The van der Waals surface area contributed by atoms with Crippen LogP contribution < -0.4 is 4.90 Å². The largest absolute Gasteiger partial charge is 0.466 e. The predicted molar refractivity (Wildman–Crippen MR) is 118 cm³/mol. The Morgan fingerprint density at radius 2 is 1.69 bits per heavy atom. The first kappa shape index (κ1) is 21.6. The van der Waals surface area contributed by atoms with Crippen molar-refractivity contribution in [3.8, 4) is 11.5 Å². The maximum atomic E-state index is 12.6. The van der Waals surface area contributed by atoms with E-state index < -0.39 is 11.9 Å². The molecule has 8 nitrogen and oxygen atoms in total. The third-order valence-electron chi connectivity index (χ3n) is 5.58. The van der Waals surface area contributed by atoms with Gasteiger partial charge in [0.15, 0.2) is 5.58 Å². The molecular weight excluding hydrogens is 412 g/mol. The minimum atomic E-state index is -0.647. The summed E-state index contributed by atoms with van der Waals surface area (Å²) in [7, 11) is 2.52. The summed E-state index contributed by atoms with van der Waals surface area (Å²) in [5.41, 5.74) is 6.19. The summed E-state index contributed by atoms with van der Waals surface area (Å²) < 4.78 is 21.4. The summed E-state index contributed by atoms with van der Waals surface area (Å²) >= 11 is 0. The average molecular weight is 436 g/mol. The highest BCUT2D eigenvalue weighted by molar-refractivity contribution is 6.03. The zero-order valence-corrected chi connectivity index (χ0v) is 18.6. The number of methoxy groups -OCH3 is 2. The summed E-state index contributed by atoms with van der Waals surface area (Å²) in [6, 6.07) is 9.61. The smallest absolute Gasteiger partial charge is 0.355 e. The van der Waals surface area contributed by atoms with Gasteiger partial charge in [-0.1, -0.05) is 6.07 Å². The molecule has 8 heteroatoms. The molecule has 0 saturated heterocycles. The maximum absolute atomic E-state index is 12.6. The lowest BCUT2D eigenvalue weighted by atomic mass is 10.1. The summed E-state index contributed by atoms with van der Waals surface area (Å²) in [6.45, 7) is 5.98. The monoisotopic (exact) mass is 436 g/mol. The number of aromatic nitrogens is 1. The second-order valence-corrected chi connectivity index (χ2v) is 7.64. The Labute approximate surface area is 185 Å². The van der Waals surface area contributed by atoms with Gasteiger partial charge in [-0.15, -0.1) is 0 Å². The van der Waals surface area contributed by atoms with E-state index in [4.69, 9.17) is 18.6 Å². The molecule has 2 heterocycles. The molecule has 1 aromatic heterocycles. The first-order chi connectivity index (χ1) is 15.3. The van der Waals surface area contributed by atoms with Gasteiger partial charge in [-0.2, -0.15) is 0 Å². The molecule has 0 saturated carbocycles. The number of esters is 2. The van der Waals surface area contributed by atoms with Crippen molar-refractivity contribution in [2.45, 2.75) is 20.8 Å². The number of hydrogen-bond acceptors (Lipinski definition) is 8. The van der Waals surface area contributed by atoms with Crippen LogP contribution in [-0.4, -0.2) is 44.5 Å². The van der Waals surface area contributed by atoms with E-state index in [0.29, 0.717) is 17.2 Å². The van der Waals surface area contributed by atoms with Crippen LogP contribution in [0.4, 0.5) is 5.69 Å². The van der Waals surface area contributed by atoms with Crippen LogP contribution in [0.25, 0.3) is 22.6 Å². The van der Waals surface area contributed by atoms with Gasteiger partial charge < -0.3 is 23.5 Å². The molecule has 0 radical (unpaired) electrons. The Kier molecular flexibility index (Phi) is 5.71. The summed E-state index contributed by atoms with van der Waals surface area (Å²) in [5, 5.41) is 0. The number of fused-ring (bicyclic) bond motifs is 1. The van der Waals surface area contributed by atoms with E-state index in [9.17, 15) is 9.59 Å². The molecule has 0 unspecified atom stereocenters. The molecular formula is C24H24N2O6. The Hall–Kier alpha value is -3.65. The van der Waals surface area contributed by atoms with Crippen molar-refractivity contribution < 1.29 is 28.2 Å². The Morgan fingerprint density at radius 3 is 2.41 bits per heavy atom. The van der Waals surface area contributed by atoms with Crippen molar-refractivity contribution in [3.05, 3.63) is 58.3 Å². The second-order valence-electron chi connectivity index (χ2n) is 7.64. The van der Waals surface area contributed by atoms with Crippen LogP contribution in [0.3, 0.4) is 0 Å². The molecule has 1 aliphatic rings. The fourth-order valence-corrected chi connectivity index (χ4v) is 3.67. The highest BCUT2D eigenvalue weighted by atomic mass is 16.5. The van der Waals surface area contributed by atoms with E-state index in [1.165, 1.54) is 14.2 Å². The van der Waals surface area contributed by atoms with Gasteiger partial charge in [0, 0.05) is 11.3 Å². The van der Waals surface area contributed by atoms with Crippen LogP contribution in [0.2, 0.25) is 0 Å². The predicted octanol–water partition coefficient (Wildman–Crippen LogP) is 3.81. The van der Waals surface area contributed by atoms with Gasteiger partial charge in [0.25, 0.3) is 0 Å². The zero-order chi connectivity index (χ0) is 23.0. The summed E-state index contributed by atoms with van der Waals surface area (Å²) in [5.74, 6) is -0.833. The van der Waals surface area contributed by atoms with Crippen molar-refractivity contribution in [1.29, 1.82) is 0 Å². The molecule has 0 fully saturated rings. The van der Waals surface area contributed by atoms with Crippen molar-refractivity contribution in [2.75, 3.05) is 32.5 Å². The third-order valence-corrected chi connectivity index (χ3v) is 5.58. The minimum Gasteiger partial charge on any atom is -0.466 e. The number of rotatable bonds is 4. The molecule has 0 amide bonds. The van der Waals surface area contributed by atoms with E-state index in [1.807, 2.05) is 51.1 Å². The van der Waals surface area contributed by atoms with Crippen molar-refractivity contribution in [3.63, 3.8) is 0 Å². The van der Waals surface area contributed by atoms with Gasteiger partial charge in [0.05, 0.1) is 26.4 Å². The quantitative estimate of drug-likeness (QED) is 0.570. The molecule has 0 bridgehead atoms. The van der Waals surface area contributed by atoms with E-state index in [1.54, 1.807) is 4.90 Å². The van der Waals surface area contributed by atoms with Gasteiger partial charge in [-0.05, 0) is 61.7 Å². The normalized spacial score (nSPS) is 14.1. The van der Waals surface area contributed by atoms with Crippen molar-refractivity contribution in [1.82, 2.24) is 4.98 Å². The number of carbonyl (C=O) groups is 2. The molecule has 1 aliphatic heterocycles. The summed E-state index contributed by atoms with van der Waals surface area (Å²) in [6.07, 6.45) is 0. The standard InChI is InChI=1S/C24H24N2O6/c1-13-6-7-16(22-25-18-8-14(2)15(3)9-20(18)32-22)10-19(13)26-12-31-11-17(23(27)29-4)21(26)24(28)30-5/h6-10H,11-12H2,1-5H3. The van der Waals surface area contributed by atoms with Crippen LogP contribution in [0.15, 0.2) is 46.0 Å². The van der Waals surface area contributed by atoms with Gasteiger partial charge >= 0.3 is 11.9 Å². The molecule has 0 spiro atoms. The fourth-order valence-electron chi connectivity index (χ4n) is 3.67. The third kappa shape index (κ3) is 3.73. The van der Waals surface area contributed by atoms with Crippen LogP contribution in [0.1, 0.15) is 16.7 Å². The maximum Gasteiger partial charge on any atom is 0.355 e. The molecule has 0 aliphatic carbocycles. The van der Waals surface area contributed by atoms with Gasteiger partial charge in [0.2, 0.25) is 5.89 Å². The Morgan fingerprint density at radius 1 is 0.969 bits per heavy atom. The van der Waals surface area contributed by atoms with Crippen molar-refractivity contribution in [2.24, 2.45) is 0 Å². The molecule has 2 aromatic carbocycles. The zero-order valence-electron chi connectivity index (χ0n) is 18.6. The highest BCUT2D eigenvalue weighted by Crippen LogP contribution is 2.34. The molecule has 0 N–H and O–H groups in total. The number of benzene rings is 2. The first-order valence-corrected chi connectivity index (χ1v) is 10.1. The molecule has 4 rings (SSSR count). The number of aryl methyl sites for hydroxylation is 3. The van der Waals surface area contributed by atoms with E-state index >= 15 is 0 Å². The SMILES string of the molecule is COC(=O)C1=C(C(=O)OC)N(c2cc(-c3nc4cc(C)c(C)cc4o3)ccc2C)COC1. The molecule has 3 aromatic rings. The van der Waals surface area contributed by atoms with Gasteiger partial charge in [0.1, 0.15) is 17.9 Å². The Bertz CT molecular complexity index is 1220. The highest BCUT2D eigenvalue weighted by Gasteiger charge is 2.33. The van der Waals surface area contributed by atoms with E-state index in [2.05, 4.69) is 4.98 Å². The Balaban J connectivity index is 1.83. The van der Waals surface area contributed by atoms with Crippen LogP contribution in [-0.2, 0) is 23.8 Å². The average Bonchev–Trinajstić information content (AvgIpc) is 3.20. The fraction of sp³-hybridized carbons (Fsp3) is 0.292.